The van der Waals surface area contributed by atoms with Gasteiger partial charge >= 0.3 is 18.2 Å². The second kappa shape index (κ2) is 40.5. The standard InChI is InChI=1S/C47H60N6O7.C27H41N5O4.2CH4/c1-5-34(26-49-52-46(57)48-25-31-20-22-33(23-21-31)42(54)6-2)50-44(55)41-24-35(59-28-32-14-8-7-9-15-32)27-53(41)45(56)43(30(3)4)51-47(58)60-29-40-38-18-12-10-16-36(38)37-17-11-13-19-39(37)40;1-3-22(16-30-32-27(35)29-15-19-10-12-21(13-11-19)25(33)4-2)31-26(34)24-14-23(17-28-24)36-18-20-8-6-5-7-9-20;;/h7-19,26,30-31,33-35,40-41,43H,5-6,20-25,27-29H2,1-4H3,(H,50,55)(H,51,58)(H2,48,52,57);5-9,16,19,21-24,28H,3-4,10-15,17-18H2,1-2H3,(H,31,34)(H2,29,32,35);2*1H4/b49-26+;30-16+;;/t31?,33?,34-,35+,41-,43-;19?,21?,22-,23+,24-;;/m00../s1. The minimum atomic E-state index is -0.969. The van der Waals surface area contributed by atoms with E-state index < -0.39 is 48.2 Å². The van der Waals surface area contributed by atoms with Gasteiger partial charge < -0.3 is 51.0 Å². The van der Waals surface area contributed by atoms with Crippen LogP contribution >= 0.6 is 0 Å². The van der Waals surface area contributed by atoms with Crippen LogP contribution in [0, 0.1) is 29.6 Å². The van der Waals surface area contributed by atoms with E-state index >= 15 is 0 Å². The summed E-state index contributed by atoms with van der Waals surface area (Å²) in [7, 11) is 0. The van der Waals surface area contributed by atoms with E-state index in [1.54, 1.807) is 6.21 Å². The molecule has 2 heterocycles. The third-order valence-corrected chi connectivity index (χ3v) is 19.2. The lowest BCUT2D eigenvalue weighted by atomic mass is 9.79. The van der Waals surface area contributed by atoms with Crippen LogP contribution in [0.4, 0.5) is 14.4 Å². The molecule has 2 saturated heterocycles. The highest BCUT2D eigenvalue weighted by molar-refractivity contribution is 5.93. The van der Waals surface area contributed by atoms with Crippen molar-refractivity contribution >= 4 is 59.9 Å². The monoisotopic (exact) mass is 1350 g/mol. The van der Waals surface area contributed by atoms with Gasteiger partial charge in [0.15, 0.2) is 0 Å². The average Bonchev–Trinajstić information content (AvgIpc) is 1.63. The Balaban J connectivity index is 0.000000342. The number of amides is 8. The smallest absolute Gasteiger partial charge is 0.407 e. The predicted octanol–water partition coefficient (Wildman–Crippen LogP) is 10.9. The van der Waals surface area contributed by atoms with Crippen LogP contribution in [0.2, 0.25) is 0 Å². The molecule has 2 saturated carbocycles. The molecule has 4 aromatic rings. The van der Waals surface area contributed by atoms with Crippen LogP contribution in [0.25, 0.3) is 11.1 Å². The van der Waals surface area contributed by atoms with Gasteiger partial charge in [-0.25, -0.2) is 25.2 Å². The summed E-state index contributed by atoms with van der Waals surface area (Å²) in [5.41, 5.74) is 11.5. The zero-order valence-electron chi connectivity index (χ0n) is 56.7. The lowest BCUT2D eigenvalue weighted by Crippen LogP contribution is -2.56. The molecule has 2 aliphatic heterocycles. The molecule has 3 aliphatic carbocycles. The SMILES string of the molecule is C.C.CCC(=O)C1CCC(CNC(=O)N/N=C/[C@H](CC)NC(=O)[C@@H]2C[C@@H](OCc3ccccc3)CN2)CC1.CCC(=O)C1CCC(CNC(=O)N/N=C/[C@H](CC)NC(=O)[C@@H]2C[C@@H](OCc3ccccc3)CN2C(=O)[C@@H](NC(=O)OCC2c3ccccc3-c3ccccc32)C(C)C)CC1. The van der Waals surface area contributed by atoms with Gasteiger partial charge in [0.05, 0.1) is 43.5 Å². The van der Waals surface area contributed by atoms with Crippen molar-refractivity contribution in [3.63, 3.8) is 0 Å². The fourth-order valence-electron chi connectivity index (χ4n) is 13.4. The second-order valence-corrected chi connectivity index (χ2v) is 26.3. The first-order chi connectivity index (χ1) is 46.5. The molecule has 0 spiro atoms. The van der Waals surface area contributed by atoms with Gasteiger partial charge in [-0.1, -0.05) is 166 Å². The normalized spacial score (nSPS) is 21.9. The molecule has 0 bridgehead atoms. The van der Waals surface area contributed by atoms with E-state index in [4.69, 9.17) is 14.2 Å². The molecule has 0 radical (unpaired) electrons. The van der Waals surface area contributed by atoms with E-state index in [2.05, 4.69) is 65.1 Å². The van der Waals surface area contributed by atoms with Crippen molar-refractivity contribution < 1.29 is 52.6 Å². The quantitative estimate of drug-likeness (QED) is 0.0186. The Bertz CT molecular complexity index is 3200. The summed E-state index contributed by atoms with van der Waals surface area (Å²) in [6.07, 6.45) is 12.3. The van der Waals surface area contributed by atoms with Crippen LogP contribution in [0.15, 0.2) is 119 Å². The lowest BCUT2D eigenvalue weighted by molar-refractivity contribution is -0.141. The Morgan fingerprint density at radius 2 is 1.03 bits per heavy atom. The van der Waals surface area contributed by atoms with Crippen LogP contribution in [0.3, 0.4) is 0 Å². The number of ether oxygens (including phenoxy) is 3. The highest BCUT2D eigenvalue weighted by Crippen LogP contribution is 2.44. The van der Waals surface area contributed by atoms with Crippen LogP contribution in [-0.4, -0.2) is 140 Å². The first-order valence-corrected chi connectivity index (χ1v) is 34.8. The molecule has 534 valence electrons. The maximum Gasteiger partial charge on any atom is 0.407 e. The molecular formula is C76H109N11O11. The first-order valence-electron chi connectivity index (χ1n) is 34.8. The molecule has 8 amide bonds. The molecule has 8 N–H and O–H groups in total. The van der Waals surface area contributed by atoms with Crippen LogP contribution in [-0.2, 0) is 51.4 Å². The lowest BCUT2D eigenvalue weighted by Gasteiger charge is -2.30. The number of Topliss-reactive ketones (excluding diaryl/α,β-unsaturated/α-hetero) is 2. The van der Waals surface area contributed by atoms with Gasteiger partial charge in [-0.05, 0) is 122 Å². The molecule has 7 atom stereocenters. The van der Waals surface area contributed by atoms with E-state index in [1.165, 1.54) is 11.1 Å². The fourth-order valence-corrected chi connectivity index (χ4v) is 13.4. The van der Waals surface area contributed by atoms with Gasteiger partial charge in [0.2, 0.25) is 17.7 Å². The second-order valence-electron chi connectivity index (χ2n) is 26.3. The largest absolute Gasteiger partial charge is 0.449 e. The average molecular weight is 1350 g/mol. The molecule has 22 heteroatoms. The van der Waals surface area contributed by atoms with Crippen molar-refractivity contribution in [3.8, 4) is 11.1 Å². The molecule has 98 heavy (non-hydrogen) atoms. The molecule has 0 aromatic heterocycles. The number of rotatable bonds is 29. The molecule has 22 nitrogen and oxygen atoms in total. The number of hydrogen-bond acceptors (Lipinski definition) is 14. The molecule has 9 rings (SSSR count). The van der Waals surface area contributed by atoms with E-state index in [9.17, 15) is 38.4 Å². The number of hydrazone groups is 2. The Hall–Kier alpha value is -8.34. The van der Waals surface area contributed by atoms with Crippen LogP contribution < -0.4 is 42.8 Å². The predicted molar refractivity (Wildman–Crippen MR) is 383 cm³/mol. The van der Waals surface area contributed by atoms with Crippen LogP contribution in [0.1, 0.15) is 174 Å². The van der Waals surface area contributed by atoms with Crippen molar-refractivity contribution in [2.24, 2.45) is 39.8 Å². The van der Waals surface area contributed by atoms with Gasteiger partial charge in [-0.3, -0.25) is 24.0 Å². The Labute approximate surface area is 580 Å². The fraction of sp³-hybridized carbons (Fsp3) is 0.553. The van der Waals surface area contributed by atoms with Gasteiger partial charge in [0.25, 0.3) is 0 Å². The summed E-state index contributed by atoms with van der Waals surface area (Å²) in [4.78, 5) is 105. The van der Waals surface area contributed by atoms with E-state index in [0.717, 1.165) is 84.7 Å². The van der Waals surface area contributed by atoms with E-state index in [-0.39, 0.29) is 88.2 Å². The van der Waals surface area contributed by atoms with Crippen molar-refractivity contribution in [1.82, 2.24) is 47.7 Å². The van der Waals surface area contributed by atoms with Crippen LogP contribution in [0.5, 0.6) is 0 Å². The Kier molecular flexibility index (Phi) is 32.5. The number of nitrogens with one attached hydrogen (secondary N) is 8. The summed E-state index contributed by atoms with van der Waals surface area (Å²) in [5, 5.41) is 25.9. The topological polar surface area (TPSA) is 288 Å². The zero-order valence-corrected chi connectivity index (χ0v) is 56.7. The number of fused-ring (bicyclic) bond motifs is 3. The molecule has 4 aromatic carbocycles. The Morgan fingerprint density at radius 3 is 1.50 bits per heavy atom. The highest BCUT2D eigenvalue weighted by Gasteiger charge is 2.44. The van der Waals surface area contributed by atoms with Gasteiger partial charge in [0, 0.05) is 75.6 Å². The summed E-state index contributed by atoms with van der Waals surface area (Å²) < 4.78 is 18.0. The van der Waals surface area contributed by atoms with Crippen molar-refractivity contribution in [1.29, 1.82) is 0 Å². The van der Waals surface area contributed by atoms with Gasteiger partial charge in [-0.2, -0.15) is 10.2 Å². The summed E-state index contributed by atoms with van der Waals surface area (Å²) in [6, 6.07) is 32.0. The number of hydrogen-bond donors (Lipinski definition) is 8. The Morgan fingerprint density at radius 1 is 0.571 bits per heavy atom. The van der Waals surface area contributed by atoms with Gasteiger partial charge in [-0.15, -0.1) is 0 Å². The summed E-state index contributed by atoms with van der Waals surface area (Å²) in [6.45, 7) is 14.1. The van der Waals surface area contributed by atoms with E-state index in [1.807, 2.05) is 139 Å². The van der Waals surface area contributed by atoms with Crippen molar-refractivity contribution in [2.45, 2.75) is 208 Å². The molecule has 0 unspecified atom stereocenters. The molecule has 4 fully saturated rings. The summed E-state index contributed by atoms with van der Waals surface area (Å²) in [5.74, 6) is 0.344. The van der Waals surface area contributed by atoms with Gasteiger partial charge in [0.1, 0.15) is 30.3 Å². The summed E-state index contributed by atoms with van der Waals surface area (Å²) >= 11 is 0. The molecular weight excluding hydrogens is 1240 g/mol. The number of alkyl carbamates (subject to hydrolysis) is 1. The maximum atomic E-state index is 14.4. The number of ketones is 2. The van der Waals surface area contributed by atoms with E-state index in [0.29, 0.717) is 88.4 Å². The molecule has 5 aliphatic rings. The zero-order chi connectivity index (χ0) is 68.3. The minimum absolute atomic E-state index is 0. The number of urea groups is 2. The third-order valence-electron chi connectivity index (χ3n) is 19.2. The van der Waals surface area contributed by atoms with Crippen molar-refractivity contribution in [2.75, 3.05) is 32.8 Å². The number of likely N-dealkylation sites (tertiary alicyclic amines) is 1. The number of carbonyl (C=O) groups excluding carboxylic acids is 8. The number of nitrogens with zero attached hydrogens (tertiary/aromatic N) is 3. The third kappa shape index (κ3) is 23.4. The number of carbonyl (C=O) groups is 8. The first kappa shape index (κ1) is 78.7. The number of benzene rings is 4. The van der Waals surface area contributed by atoms with Crippen molar-refractivity contribution in [3.05, 3.63) is 131 Å². The highest BCUT2D eigenvalue weighted by atomic mass is 16.5. The minimum Gasteiger partial charge on any atom is -0.449 e. The maximum absolute atomic E-state index is 14.4.